The summed E-state index contributed by atoms with van der Waals surface area (Å²) in [5, 5.41) is 0.576. The number of halogens is 1. The van der Waals surface area contributed by atoms with Crippen molar-refractivity contribution in [1.29, 1.82) is 0 Å². The Balaban J connectivity index is 2.12. The van der Waals surface area contributed by atoms with Crippen LogP contribution in [0.4, 0.5) is 10.5 Å². The number of ether oxygens (including phenoxy) is 1. The smallest absolute Gasteiger partial charge is 0.411 e. The molecular formula is C16H21ClN2O3. The Kier molecular flexibility index (Phi) is 4.66. The minimum absolute atomic E-state index is 0.00257. The number of benzene rings is 1. The molecule has 0 aliphatic carbocycles. The lowest BCUT2D eigenvalue weighted by atomic mass is 10.1. The molecule has 1 atom stereocenters. The average molecular weight is 325 g/mol. The second kappa shape index (κ2) is 6.16. The topological polar surface area (TPSA) is 49.9 Å². The first-order valence-corrected chi connectivity index (χ1v) is 7.61. The third-order valence-corrected chi connectivity index (χ3v) is 3.57. The molecule has 2 rings (SSSR count). The lowest BCUT2D eigenvalue weighted by Gasteiger charge is -2.39. The van der Waals surface area contributed by atoms with Crippen LogP contribution in [-0.2, 0) is 9.53 Å². The maximum atomic E-state index is 12.4. The molecule has 5 nitrogen and oxygen atoms in total. The zero-order chi connectivity index (χ0) is 16.5. The summed E-state index contributed by atoms with van der Waals surface area (Å²) in [5.74, 6) is -0.147. The third-order valence-electron chi connectivity index (χ3n) is 3.33. The van der Waals surface area contributed by atoms with Crippen molar-refractivity contribution in [2.45, 2.75) is 39.3 Å². The van der Waals surface area contributed by atoms with Crippen LogP contribution >= 0.6 is 11.6 Å². The molecule has 0 unspecified atom stereocenters. The number of amides is 2. The van der Waals surface area contributed by atoms with Crippen LogP contribution in [0, 0.1) is 0 Å². The molecule has 1 saturated heterocycles. The van der Waals surface area contributed by atoms with E-state index in [0.717, 1.165) is 5.69 Å². The van der Waals surface area contributed by atoms with Gasteiger partial charge in [-0.1, -0.05) is 17.7 Å². The quantitative estimate of drug-likeness (QED) is 0.796. The second-order valence-electron chi connectivity index (χ2n) is 6.44. The lowest BCUT2D eigenvalue weighted by molar-refractivity contribution is -0.122. The number of hydrogen-bond donors (Lipinski definition) is 0. The van der Waals surface area contributed by atoms with E-state index in [1.165, 1.54) is 4.90 Å². The van der Waals surface area contributed by atoms with Crippen molar-refractivity contribution in [1.82, 2.24) is 4.90 Å². The van der Waals surface area contributed by atoms with Gasteiger partial charge in [0.2, 0.25) is 5.91 Å². The molecule has 1 aromatic rings. The fourth-order valence-corrected chi connectivity index (χ4v) is 2.49. The van der Waals surface area contributed by atoms with E-state index in [1.807, 2.05) is 13.0 Å². The highest BCUT2D eigenvalue weighted by Crippen LogP contribution is 2.24. The van der Waals surface area contributed by atoms with E-state index in [2.05, 4.69) is 0 Å². The van der Waals surface area contributed by atoms with E-state index in [0.29, 0.717) is 11.6 Å². The molecule has 0 saturated carbocycles. The maximum absolute atomic E-state index is 12.4. The largest absolute Gasteiger partial charge is 0.444 e. The minimum atomic E-state index is -0.579. The SMILES string of the molecule is C[C@H]1CN(c2cccc(Cl)c2)C(=O)CN1C(=O)OC(C)(C)C. The molecule has 0 spiro atoms. The van der Waals surface area contributed by atoms with E-state index in [9.17, 15) is 9.59 Å². The van der Waals surface area contributed by atoms with Gasteiger partial charge in [-0.25, -0.2) is 4.79 Å². The van der Waals surface area contributed by atoms with Crippen molar-refractivity contribution >= 4 is 29.3 Å². The Labute approximate surface area is 135 Å². The van der Waals surface area contributed by atoms with Crippen molar-refractivity contribution in [3.05, 3.63) is 29.3 Å². The van der Waals surface area contributed by atoms with Gasteiger partial charge in [-0.05, 0) is 45.9 Å². The molecule has 0 aromatic heterocycles. The number of carbonyl (C=O) groups excluding carboxylic acids is 2. The fraction of sp³-hybridized carbons (Fsp3) is 0.500. The van der Waals surface area contributed by atoms with Crippen molar-refractivity contribution in [3.8, 4) is 0 Å². The highest BCUT2D eigenvalue weighted by molar-refractivity contribution is 6.30. The predicted molar refractivity (Wildman–Crippen MR) is 86.2 cm³/mol. The molecule has 2 amide bonds. The molecule has 1 fully saturated rings. The maximum Gasteiger partial charge on any atom is 0.411 e. The van der Waals surface area contributed by atoms with Crippen LogP contribution in [-0.4, -0.2) is 41.6 Å². The summed E-state index contributed by atoms with van der Waals surface area (Å²) in [6, 6.07) is 7.01. The fourth-order valence-electron chi connectivity index (χ4n) is 2.31. The van der Waals surface area contributed by atoms with Gasteiger partial charge in [-0.2, -0.15) is 0 Å². The normalized spacial score (nSPS) is 19.3. The highest BCUT2D eigenvalue weighted by atomic mass is 35.5. The van der Waals surface area contributed by atoms with E-state index in [4.69, 9.17) is 16.3 Å². The number of carbonyl (C=O) groups is 2. The Hall–Kier alpha value is -1.75. The zero-order valence-electron chi connectivity index (χ0n) is 13.3. The molecule has 1 aliphatic rings. The Morgan fingerprint density at radius 3 is 2.64 bits per heavy atom. The second-order valence-corrected chi connectivity index (χ2v) is 6.88. The van der Waals surface area contributed by atoms with Gasteiger partial charge in [0.05, 0.1) is 6.04 Å². The Bertz CT molecular complexity index is 583. The summed E-state index contributed by atoms with van der Waals surface area (Å²) in [5.41, 5.74) is 0.164. The van der Waals surface area contributed by atoms with Crippen LogP contribution in [0.1, 0.15) is 27.7 Å². The standard InChI is InChI=1S/C16H21ClN2O3/c1-11-9-19(13-7-5-6-12(17)8-13)14(20)10-18(11)15(21)22-16(2,3)4/h5-8,11H,9-10H2,1-4H3/t11-/m0/s1. The number of hydrogen-bond acceptors (Lipinski definition) is 3. The Morgan fingerprint density at radius 1 is 1.36 bits per heavy atom. The van der Waals surface area contributed by atoms with E-state index in [1.54, 1.807) is 43.9 Å². The van der Waals surface area contributed by atoms with Crippen molar-refractivity contribution in [2.24, 2.45) is 0 Å². The molecule has 1 aliphatic heterocycles. The lowest BCUT2D eigenvalue weighted by Crippen LogP contribution is -2.57. The number of piperazine rings is 1. The first kappa shape index (κ1) is 16.6. The van der Waals surface area contributed by atoms with Gasteiger partial charge in [0.15, 0.2) is 0 Å². The summed E-state index contributed by atoms with van der Waals surface area (Å²) in [7, 11) is 0. The first-order chi connectivity index (χ1) is 10.2. The highest BCUT2D eigenvalue weighted by Gasteiger charge is 2.35. The van der Waals surface area contributed by atoms with Gasteiger partial charge in [0.25, 0.3) is 0 Å². The molecule has 1 heterocycles. The molecule has 22 heavy (non-hydrogen) atoms. The van der Waals surface area contributed by atoms with E-state index in [-0.39, 0.29) is 18.5 Å². The van der Waals surface area contributed by atoms with Crippen molar-refractivity contribution < 1.29 is 14.3 Å². The van der Waals surface area contributed by atoms with Crippen molar-refractivity contribution in [3.63, 3.8) is 0 Å². The van der Waals surface area contributed by atoms with Gasteiger partial charge < -0.3 is 9.64 Å². The molecule has 0 radical (unpaired) electrons. The van der Waals surface area contributed by atoms with Crippen LogP contribution in [0.25, 0.3) is 0 Å². The van der Waals surface area contributed by atoms with Crippen LogP contribution in [0.2, 0.25) is 5.02 Å². The van der Waals surface area contributed by atoms with Gasteiger partial charge in [0, 0.05) is 17.3 Å². The number of nitrogens with zero attached hydrogens (tertiary/aromatic N) is 2. The molecule has 0 bridgehead atoms. The first-order valence-electron chi connectivity index (χ1n) is 7.23. The molecular weight excluding hydrogens is 304 g/mol. The molecule has 1 aromatic carbocycles. The van der Waals surface area contributed by atoms with Crippen LogP contribution < -0.4 is 4.90 Å². The number of anilines is 1. The number of rotatable bonds is 1. The average Bonchev–Trinajstić information content (AvgIpc) is 2.39. The summed E-state index contributed by atoms with van der Waals surface area (Å²) < 4.78 is 5.35. The van der Waals surface area contributed by atoms with Crippen molar-refractivity contribution in [2.75, 3.05) is 18.0 Å². The predicted octanol–water partition coefficient (Wildman–Crippen LogP) is 3.31. The third kappa shape index (κ3) is 3.91. The zero-order valence-corrected chi connectivity index (χ0v) is 14.1. The van der Waals surface area contributed by atoms with Gasteiger partial charge in [-0.3, -0.25) is 9.69 Å². The van der Waals surface area contributed by atoms with Gasteiger partial charge in [-0.15, -0.1) is 0 Å². The monoisotopic (exact) mass is 324 g/mol. The van der Waals surface area contributed by atoms with E-state index >= 15 is 0 Å². The Morgan fingerprint density at radius 2 is 2.05 bits per heavy atom. The summed E-state index contributed by atoms with van der Waals surface area (Å²) >= 11 is 5.98. The van der Waals surface area contributed by atoms with Crippen LogP contribution in [0.15, 0.2) is 24.3 Å². The van der Waals surface area contributed by atoms with Gasteiger partial charge in [0.1, 0.15) is 12.1 Å². The molecule has 6 heteroatoms. The van der Waals surface area contributed by atoms with Crippen LogP contribution in [0.3, 0.4) is 0 Å². The summed E-state index contributed by atoms with van der Waals surface area (Å²) in [4.78, 5) is 27.7. The van der Waals surface area contributed by atoms with Crippen LogP contribution in [0.5, 0.6) is 0 Å². The molecule has 120 valence electrons. The molecule has 0 N–H and O–H groups in total. The van der Waals surface area contributed by atoms with Gasteiger partial charge >= 0.3 is 6.09 Å². The summed E-state index contributed by atoms with van der Waals surface area (Å²) in [6.45, 7) is 7.73. The summed E-state index contributed by atoms with van der Waals surface area (Å²) in [6.07, 6.45) is -0.459. The van der Waals surface area contributed by atoms with E-state index < -0.39 is 11.7 Å². The minimum Gasteiger partial charge on any atom is -0.444 e.